The molecule has 0 saturated heterocycles. The van der Waals surface area contributed by atoms with Gasteiger partial charge in [-0.05, 0) is 6.92 Å². The van der Waals surface area contributed by atoms with Crippen molar-refractivity contribution in [2.24, 2.45) is 0 Å². The first kappa shape index (κ1) is 12.9. The van der Waals surface area contributed by atoms with Crippen LogP contribution in [0.25, 0.3) is 0 Å². The molecule has 16 heavy (non-hydrogen) atoms. The van der Waals surface area contributed by atoms with E-state index in [9.17, 15) is 20.0 Å². The molecule has 0 saturated carbocycles. The maximum absolute atomic E-state index is 11.5. The summed E-state index contributed by atoms with van der Waals surface area (Å²) in [5, 5.41) is 20.3. The van der Waals surface area contributed by atoms with E-state index in [0.717, 1.165) is 10.8 Å². The van der Waals surface area contributed by atoms with Gasteiger partial charge in [-0.3, -0.25) is 14.9 Å². The third-order valence-electron chi connectivity index (χ3n) is 2.09. The van der Waals surface area contributed by atoms with Gasteiger partial charge in [-0.2, -0.15) is 0 Å². The van der Waals surface area contributed by atoms with E-state index in [-0.39, 0.29) is 17.8 Å². The van der Waals surface area contributed by atoms with Crippen LogP contribution < -0.4 is 5.56 Å². The minimum Gasteiger partial charge on any atom is -0.390 e. The Morgan fingerprint density at radius 2 is 2.31 bits per heavy atom. The van der Waals surface area contributed by atoms with Crippen LogP contribution in [-0.2, 0) is 6.54 Å². The third kappa shape index (κ3) is 2.89. The molecule has 88 valence electrons. The zero-order valence-corrected chi connectivity index (χ0v) is 10.2. The summed E-state index contributed by atoms with van der Waals surface area (Å²) in [5.41, 5.74) is -0.163. The average molecular weight is 291 g/mol. The second kappa shape index (κ2) is 5.22. The SMILES string of the molecule is Cc1cc(=O)n(CC(O)CBr)cc1[N+](=O)[O-]. The second-order valence-electron chi connectivity index (χ2n) is 3.40. The van der Waals surface area contributed by atoms with Gasteiger partial charge >= 0.3 is 0 Å². The second-order valence-corrected chi connectivity index (χ2v) is 4.05. The third-order valence-corrected chi connectivity index (χ3v) is 2.83. The van der Waals surface area contributed by atoms with Gasteiger partial charge in [0.25, 0.3) is 11.2 Å². The Balaban J connectivity index is 3.15. The quantitative estimate of drug-likeness (QED) is 0.505. The number of aryl methyl sites for hydroxylation is 1. The lowest BCUT2D eigenvalue weighted by Gasteiger charge is -2.09. The number of aliphatic hydroxyl groups excluding tert-OH is 1. The number of aromatic nitrogens is 1. The van der Waals surface area contributed by atoms with Gasteiger partial charge in [0.1, 0.15) is 0 Å². The molecule has 1 heterocycles. The highest BCUT2D eigenvalue weighted by Gasteiger charge is 2.14. The number of hydrogen-bond acceptors (Lipinski definition) is 4. The van der Waals surface area contributed by atoms with E-state index in [0.29, 0.717) is 10.9 Å². The fourth-order valence-corrected chi connectivity index (χ4v) is 1.47. The molecule has 1 aromatic heterocycles. The fourth-order valence-electron chi connectivity index (χ4n) is 1.26. The molecule has 1 rings (SSSR count). The standard InChI is InChI=1S/C9H11BrN2O4/c1-6-2-9(14)11(4-7(13)3-10)5-8(6)12(15)16/h2,5,7,13H,3-4H2,1H3. The van der Waals surface area contributed by atoms with Gasteiger partial charge < -0.3 is 9.67 Å². The van der Waals surface area contributed by atoms with Gasteiger partial charge in [0.05, 0.1) is 23.8 Å². The molecule has 0 amide bonds. The number of hydrogen-bond donors (Lipinski definition) is 1. The molecule has 1 N–H and O–H groups in total. The molecule has 0 bridgehead atoms. The van der Waals surface area contributed by atoms with Crippen LogP contribution in [0.1, 0.15) is 5.56 Å². The van der Waals surface area contributed by atoms with E-state index in [1.165, 1.54) is 13.0 Å². The van der Waals surface area contributed by atoms with E-state index in [1.807, 2.05) is 0 Å². The summed E-state index contributed by atoms with van der Waals surface area (Å²) in [4.78, 5) is 21.6. The average Bonchev–Trinajstić information content (AvgIpc) is 2.21. The van der Waals surface area contributed by atoms with Gasteiger partial charge in [0.15, 0.2) is 0 Å². The maximum atomic E-state index is 11.5. The molecular formula is C9H11BrN2O4. The fraction of sp³-hybridized carbons (Fsp3) is 0.444. The van der Waals surface area contributed by atoms with E-state index >= 15 is 0 Å². The van der Waals surface area contributed by atoms with Gasteiger partial charge in [-0.1, -0.05) is 15.9 Å². The van der Waals surface area contributed by atoms with E-state index in [4.69, 9.17) is 0 Å². The van der Waals surface area contributed by atoms with Crippen molar-refractivity contribution in [1.82, 2.24) is 4.57 Å². The molecule has 7 heteroatoms. The summed E-state index contributed by atoms with van der Waals surface area (Å²) in [6, 6.07) is 1.19. The van der Waals surface area contributed by atoms with Crippen molar-refractivity contribution in [3.8, 4) is 0 Å². The van der Waals surface area contributed by atoms with Crippen molar-refractivity contribution in [2.75, 3.05) is 5.33 Å². The van der Waals surface area contributed by atoms with Gasteiger partial charge in [0.2, 0.25) is 0 Å². The van der Waals surface area contributed by atoms with Gasteiger partial charge in [0, 0.05) is 17.0 Å². The first-order valence-corrected chi connectivity index (χ1v) is 5.67. The molecule has 0 aromatic carbocycles. The van der Waals surface area contributed by atoms with Crippen molar-refractivity contribution in [2.45, 2.75) is 19.6 Å². The number of nitrogens with zero attached hydrogens (tertiary/aromatic N) is 2. The van der Waals surface area contributed by atoms with Gasteiger partial charge in [-0.15, -0.1) is 0 Å². The van der Waals surface area contributed by atoms with Crippen LogP contribution in [0.3, 0.4) is 0 Å². The Bertz CT molecular complexity index is 457. The molecule has 0 aliphatic carbocycles. The molecule has 1 aromatic rings. The highest BCUT2D eigenvalue weighted by Crippen LogP contribution is 2.14. The first-order chi connectivity index (χ1) is 7.45. The number of nitro groups is 1. The van der Waals surface area contributed by atoms with Crippen LogP contribution in [-0.4, -0.2) is 26.0 Å². The Labute approximate surface area is 99.8 Å². The Hall–Kier alpha value is -1.21. The van der Waals surface area contributed by atoms with E-state index < -0.39 is 11.0 Å². The summed E-state index contributed by atoms with van der Waals surface area (Å²) in [6.45, 7) is 1.54. The highest BCUT2D eigenvalue weighted by molar-refractivity contribution is 9.09. The van der Waals surface area contributed by atoms with Crippen LogP contribution in [0.15, 0.2) is 17.1 Å². The molecule has 0 aliphatic heterocycles. The van der Waals surface area contributed by atoms with Crippen LogP contribution in [0.2, 0.25) is 0 Å². The van der Waals surface area contributed by atoms with Crippen molar-refractivity contribution < 1.29 is 10.0 Å². The number of pyridine rings is 1. The molecule has 0 fully saturated rings. The minimum atomic E-state index is -0.750. The smallest absolute Gasteiger partial charge is 0.288 e. The molecule has 0 aliphatic rings. The lowest BCUT2D eigenvalue weighted by molar-refractivity contribution is -0.386. The van der Waals surface area contributed by atoms with E-state index in [1.54, 1.807) is 0 Å². The van der Waals surface area contributed by atoms with Crippen LogP contribution in [0.4, 0.5) is 5.69 Å². The van der Waals surface area contributed by atoms with Crippen molar-refractivity contribution in [3.05, 3.63) is 38.3 Å². The molecule has 1 unspecified atom stereocenters. The predicted octanol–water partition coefficient (Wildman–Crippen LogP) is 0.821. The molecule has 6 nitrogen and oxygen atoms in total. The predicted molar refractivity (Wildman–Crippen MR) is 61.9 cm³/mol. The topological polar surface area (TPSA) is 85.4 Å². The molecule has 1 atom stereocenters. The van der Waals surface area contributed by atoms with Crippen molar-refractivity contribution in [3.63, 3.8) is 0 Å². The summed E-state index contributed by atoms with van der Waals surface area (Å²) >= 11 is 3.06. The first-order valence-electron chi connectivity index (χ1n) is 4.55. The summed E-state index contributed by atoms with van der Waals surface area (Å²) in [5.74, 6) is 0. The number of aliphatic hydroxyl groups is 1. The zero-order valence-electron chi connectivity index (χ0n) is 8.59. The van der Waals surface area contributed by atoms with Crippen LogP contribution in [0, 0.1) is 17.0 Å². The monoisotopic (exact) mass is 290 g/mol. The minimum absolute atomic E-state index is 0.0329. The summed E-state index contributed by atoms with van der Waals surface area (Å²) in [7, 11) is 0. The Kier molecular flexibility index (Phi) is 4.19. The lowest BCUT2D eigenvalue weighted by atomic mass is 10.2. The Morgan fingerprint density at radius 1 is 1.69 bits per heavy atom. The maximum Gasteiger partial charge on any atom is 0.288 e. The highest BCUT2D eigenvalue weighted by atomic mass is 79.9. The molecule has 0 spiro atoms. The summed E-state index contributed by atoms with van der Waals surface area (Å²) in [6.07, 6.45) is 0.406. The van der Waals surface area contributed by atoms with Crippen LogP contribution >= 0.6 is 15.9 Å². The summed E-state index contributed by atoms with van der Waals surface area (Å²) < 4.78 is 1.14. The molecule has 0 radical (unpaired) electrons. The normalized spacial score (nSPS) is 12.4. The van der Waals surface area contributed by atoms with Crippen molar-refractivity contribution >= 4 is 21.6 Å². The van der Waals surface area contributed by atoms with Crippen LogP contribution in [0.5, 0.6) is 0 Å². The van der Waals surface area contributed by atoms with E-state index in [2.05, 4.69) is 15.9 Å². The largest absolute Gasteiger partial charge is 0.390 e. The zero-order chi connectivity index (χ0) is 12.3. The number of alkyl halides is 1. The van der Waals surface area contributed by atoms with Gasteiger partial charge in [-0.25, -0.2) is 0 Å². The lowest BCUT2D eigenvalue weighted by Crippen LogP contribution is -2.27. The van der Waals surface area contributed by atoms with Crippen molar-refractivity contribution in [1.29, 1.82) is 0 Å². The number of rotatable bonds is 4. The Morgan fingerprint density at radius 3 is 2.81 bits per heavy atom. The molecular weight excluding hydrogens is 280 g/mol. The number of halogens is 1.